The van der Waals surface area contributed by atoms with Gasteiger partial charge in [-0.25, -0.2) is 4.98 Å². The zero-order valence-electron chi connectivity index (χ0n) is 9.85. The molecule has 7 heteroatoms. The van der Waals surface area contributed by atoms with E-state index in [1.807, 2.05) is 19.1 Å². The third-order valence-electron chi connectivity index (χ3n) is 2.63. The van der Waals surface area contributed by atoms with Gasteiger partial charge < -0.3 is 4.57 Å². The Morgan fingerprint density at radius 1 is 1.39 bits per heavy atom. The molecule has 6 nitrogen and oxygen atoms in total. The van der Waals surface area contributed by atoms with Gasteiger partial charge in [-0.2, -0.15) is 15.6 Å². The van der Waals surface area contributed by atoms with Gasteiger partial charge in [0.25, 0.3) is 0 Å². The molecule has 0 unspecified atom stereocenters. The van der Waals surface area contributed by atoms with Gasteiger partial charge in [-0.3, -0.25) is 4.68 Å². The van der Waals surface area contributed by atoms with Crippen LogP contribution in [0, 0.1) is 29.6 Å². The van der Waals surface area contributed by atoms with Gasteiger partial charge in [0.1, 0.15) is 12.1 Å². The molecule has 0 saturated carbocycles. The Kier molecular flexibility index (Phi) is 3.05. The lowest BCUT2D eigenvalue weighted by Crippen LogP contribution is -2.07. The average Bonchev–Trinajstić information content (AvgIpc) is 2.85. The van der Waals surface area contributed by atoms with E-state index in [1.165, 1.54) is 6.33 Å². The van der Waals surface area contributed by atoms with E-state index in [0.29, 0.717) is 11.6 Å². The van der Waals surface area contributed by atoms with Gasteiger partial charge in [0, 0.05) is 7.05 Å². The van der Waals surface area contributed by atoms with Crippen LogP contribution in [-0.4, -0.2) is 19.3 Å². The van der Waals surface area contributed by atoms with Crippen LogP contribution in [0.2, 0.25) is 5.02 Å². The first kappa shape index (κ1) is 12.2. The second-order valence-corrected chi connectivity index (χ2v) is 4.14. The molecule has 2 heterocycles. The number of hydrogen-bond donors (Lipinski definition) is 0. The SMILES string of the molecule is Cc1nn(C)c(Cn2cnc(C#N)c2C#N)c1Cl. The van der Waals surface area contributed by atoms with Gasteiger partial charge in [-0.1, -0.05) is 11.6 Å². The summed E-state index contributed by atoms with van der Waals surface area (Å²) in [7, 11) is 1.78. The minimum Gasteiger partial charge on any atom is -0.315 e. The van der Waals surface area contributed by atoms with Gasteiger partial charge in [-0.15, -0.1) is 0 Å². The van der Waals surface area contributed by atoms with E-state index in [2.05, 4.69) is 10.1 Å². The number of aromatic nitrogens is 4. The molecule has 2 rings (SSSR count). The molecular formula is C11H9ClN6. The summed E-state index contributed by atoms with van der Waals surface area (Å²) in [6, 6.07) is 3.84. The van der Waals surface area contributed by atoms with Gasteiger partial charge in [-0.05, 0) is 6.92 Å². The number of aryl methyl sites for hydroxylation is 2. The van der Waals surface area contributed by atoms with Crippen LogP contribution < -0.4 is 0 Å². The van der Waals surface area contributed by atoms with Gasteiger partial charge >= 0.3 is 0 Å². The van der Waals surface area contributed by atoms with Crippen molar-refractivity contribution in [2.75, 3.05) is 0 Å². The lowest BCUT2D eigenvalue weighted by Gasteiger charge is -2.04. The van der Waals surface area contributed by atoms with Crippen molar-refractivity contribution in [1.82, 2.24) is 19.3 Å². The fourth-order valence-corrected chi connectivity index (χ4v) is 1.93. The summed E-state index contributed by atoms with van der Waals surface area (Å²) in [6.07, 6.45) is 1.45. The van der Waals surface area contributed by atoms with Crippen molar-refractivity contribution in [2.45, 2.75) is 13.5 Å². The molecule has 0 bridgehead atoms. The van der Waals surface area contributed by atoms with Crippen molar-refractivity contribution in [2.24, 2.45) is 7.05 Å². The Balaban J connectivity index is 2.45. The number of hydrogen-bond acceptors (Lipinski definition) is 4. The fourth-order valence-electron chi connectivity index (χ4n) is 1.71. The summed E-state index contributed by atoms with van der Waals surface area (Å²) in [6.45, 7) is 2.17. The number of nitrogens with zero attached hydrogens (tertiary/aromatic N) is 6. The number of halogens is 1. The van der Waals surface area contributed by atoms with Gasteiger partial charge in [0.15, 0.2) is 11.4 Å². The Hall–Kier alpha value is -2.31. The second kappa shape index (κ2) is 4.52. The second-order valence-electron chi connectivity index (χ2n) is 3.76. The van der Waals surface area contributed by atoms with E-state index in [9.17, 15) is 0 Å². The molecule has 0 saturated heterocycles. The Morgan fingerprint density at radius 2 is 2.11 bits per heavy atom. The first-order chi connectivity index (χ1) is 8.58. The fraction of sp³-hybridized carbons (Fsp3) is 0.273. The topological polar surface area (TPSA) is 83.2 Å². The highest BCUT2D eigenvalue weighted by molar-refractivity contribution is 6.31. The largest absolute Gasteiger partial charge is 0.315 e. The summed E-state index contributed by atoms with van der Waals surface area (Å²) in [5.74, 6) is 0. The molecule has 90 valence electrons. The third-order valence-corrected chi connectivity index (χ3v) is 3.12. The minimum atomic E-state index is 0.118. The zero-order chi connectivity index (χ0) is 13.3. The van der Waals surface area contributed by atoms with Crippen molar-refractivity contribution in [3.8, 4) is 12.1 Å². The summed E-state index contributed by atoms with van der Waals surface area (Å²) in [5, 5.41) is 22.6. The first-order valence-electron chi connectivity index (χ1n) is 5.11. The molecular weight excluding hydrogens is 252 g/mol. The van der Waals surface area contributed by atoms with E-state index in [4.69, 9.17) is 22.1 Å². The molecule has 0 amide bonds. The molecule has 0 aliphatic rings. The van der Waals surface area contributed by atoms with Gasteiger partial charge in [0.2, 0.25) is 0 Å². The van der Waals surface area contributed by atoms with Gasteiger partial charge in [0.05, 0.1) is 29.3 Å². The maximum Gasteiger partial charge on any atom is 0.176 e. The molecule has 0 N–H and O–H groups in total. The van der Waals surface area contributed by atoms with Crippen molar-refractivity contribution in [1.29, 1.82) is 10.5 Å². The predicted molar refractivity (Wildman–Crippen MR) is 63.7 cm³/mol. The van der Waals surface area contributed by atoms with Crippen LogP contribution in [0.15, 0.2) is 6.33 Å². The summed E-state index contributed by atoms with van der Waals surface area (Å²) >= 11 is 6.14. The van der Waals surface area contributed by atoms with Crippen LogP contribution in [0.4, 0.5) is 0 Å². The molecule has 0 fully saturated rings. The molecule has 2 aromatic heterocycles. The lowest BCUT2D eigenvalue weighted by molar-refractivity contribution is 0.660. The van der Waals surface area contributed by atoms with Crippen LogP contribution >= 0.6 is 11.6 Å². The summed E-state index contributed by atoms with van der Waals surface area (Å²) in [4.78, 5) is 3.87. The molecule has 0 aromatic carbocycles. The molecule has 0 aliphatic heterocycles. The highest BCUT2D eigenvalue weighted by atomic mass is 35.5. The number of rotatable bonds is 2. The Labute approximate surface area is 109 Å². The predicted octanol–water partition coefficient (Wildman–Crippen LogP) is 1.37. The van der Waals surface area contributed by atoms with E-state index in [-0.39, 0.29) is 11.4 Å². The Morgan fingerprint density at radius 3 is 2.61 bits per heavy atom. The number of imidazole rings is 1. The standard InChI is InChI=1S/C11H9ClN6/c1-7-11(12)10(17(2)16-7)5-18-6-15-8(3-13)9(18)4-14/h6H,5H2,1-2H3. The van der Waals surface area contributed by atoms with E-state index < -0.39 is 0 Å². The zero-order valence-corrected chi connectivity index (χ0v) is 10.6. The van der Waals surface area contributed by atoms with Crippen molar-refractivity contribution < 1.29 is 0 Å². The minimum absolute atomic E-state index is 0.118. The van der Waals surface area contributed by atoms with E-state index in [0.717, 1.165) is 11.4 Å². The molecule has 2 aromatic rings. The summed E-state index contributed by atoms with van der Waals surface area (Å²) in [5.41, 5.74) is 1.85. The maximum absolute atomic E-state index is 9.02. The monoisotopic (exact) mass is 260 g/mol. The smallest absolute Gasteiger partial charge is 0.176 e. The molecule has 0 atom stereocenters. The normalized spacial score (nSPS) is 10.1. The molecule has 0 spiro atoms. The summed E-state index contributed by atoms with van der Waals surface area (Å²) < 4.78 is 3.24. The van der Waals surface area contributed by atoms with Crippen molar-refractivity contribution >= 4 is 11.6 Å². The lowest BCUT2D eigenvalue weighted by atomic mass is 10.3. The highest BCUT2D eigenvalue weighted by Crippen LogP contribution is 2.21. The van der Waals surface area contributed by atoms with Crippen LogP contribution in [0.5, 0.6) is 0 Å². The van der Waals surface area contributed by atoms with Crippen molar-refractivity contribution in [3.05, 3.63) is 34.1 Å². The highest BCUT2D eigenvalue weighted by Gasteiger charge is 2.15. The maximum atomic E-state index is 9.02. The quantitative estimate of drug-likeness (QED) is 0.816. The van der Waals surface area contributed by atoms with E-state index in [1.54, 1.807) is 16.3 Å². The van der Waals surface area contributed by atoms with Crippen LogP contribution in [0.25, 0.3) is 0 Å². The molecule has 0 radical (unpaired) electrons. The average molecular weight is 261 g/mol. The van der Waals surface area contributed by atoms with Crippen LogP contribution in [-0.2, 0) is 13.6 Å². The third kappa shape index (κ3) is 1.83. The first-order valence-corrected chi connectivity index (χ1v) is 5.49. The van der Waals surface area contributed by atoms with Crippen LogP contribution in [0.1, 0.15) is 22.8 Å². The van der Waals surface area contributed by atoms with E-state index >= 15 is 0 Å². The molecule has 0 aliphatic carbocycles. The van der Waals surface area contributed by atoms with Crippen LogP contribution in [0.3, 0.4) is 0 Å². The molecule has 18 heavy (non-hydrogen) atoms. The Bertz CT molecular complexity index is 682. The number of nitriles is 2. The van der Waals surface area contributed by atoms with Crippen molar-refractivity contribution in [3.63, 3.8) is 0 Å².